The van der Waals surface area contributed by atoms with Gasteiger partial charge in [0, 0.05) is 17.9 Å². The molecule has 1 aliphatic heterocycles. The summed E-state index contributed by atoms with van der Waals surface area (Å²) in [5, 5.41) is 9.29. The van der Waals surface area contributed by atoms with Crippen LogP contribution in [0.2, 0.25) is 0 Å². The highest BCUT2D eigenvalue weighted by Gasteiger charge is 2.39. The van der Waals surface area contributed by atoms with Crippen LogP contribution >= 0.6 is 11.8 Å². The third-order valence-electron chi connectivity index (χ3n) is 3.70. The van der Waals surface area contributed by atoms with E-state index >= 15 is 0 Å². The van der Waals surface area contributed by atoms with Crippen molar-refractivity contribution in [3.8, 4) is 0 Å². The number of likely N-dealkylation sites (tertiary alicyclic amines) is 1. The molecule has 1 fully saturated rings. The van der Waals surface area contributed by atoms with Gasteiger partial charge in [0.25, 0.3) is 5.91 Å². The second-order valence-electron chi connectivity index (χ2n) is 5.18. The highest BCUT2D eigenvalue weighted by Crippen LogP contribution is 2.26. The van der Waals surface area contributed by atoms with Crippen LogP contribution in [0, 0.1) is 5.92 Å². The van der Waals surface area contributed by atoms with Crippen molar-refractivity contribution in [3.05, 3.63) is 35.4 Å². The fourth-order valence-electron chi connectivity index (χ4n) is 2.68. The molecule has 2 rings (SSSR count). The van der Waals surface area contributed by atoms with E-state index in [1.54, 1.807) is 17.8 Å². The van der Waals surface area contributed by atoms with Crippen LogP contribution in [0.5, 0.6) is 0 Å². The summed E-state index contributed by atoms with van der Waals surface area (Å²) >= 11 is 1.69. The largest absolute Gasteiger partial charge is 0.480 e. The molecule has 1 aliphatic rings. The van der Waals surface area contributed by atoms with E-state index in [-0.39, 0.29) is 11.8 Å². The highest BCUT2D eigenvalue weighted by atomic mass is 32.2. The molecule has 1 amide bonds. The minimum atomic E-state index is -0.913. The maximum atomic E-state index is 12.5. The number of thioether (sulfide) groups is 1. The molecule has 2 unspecified atom stereocenters. The number of rotatable bonds is 4. The SMILES string of the molecule is CSCc1cccc(C(=O)N2CCC(C)C2C(=O)O)c1. The monoisotopic (exact) mass is 293 g/mol. The molecule has 108 valence electrons. The van der Waals surface area contributed by atoms with Crippen molar-refractivity contribution >= 4 is 23.6 Å². The van der Waals surface area contributed by atoms with E-state index in [1.165, 1.54) is 4.90 Å². The lowest BCUT2D eigenvalue weighted by Crippen LogP contribution is -2.42. The Morgan fingerprint density at radius 2 is 2.20 bits per heavy atom. The lowest BCUT2D eigenvalue weighted by Gasteiger charge is -2.23. The van der Waals surface area contributed by atoms with Crippen molar-refractivity contribution < 1.29 is 14.7 Å². The number of hydrogen-bond acceptors (Lipinski definition) is 3. The molecule has 2 atom stereocenters. The van der Waals surface area contributed by atoms with Gasteiger partial charge >= 0.3 is 5.97 Å². The predicted octanol–water partition coefficient (Wildman–Crippen LogP) is 2.48. The maximum Gasteiger partial charge on any atom is 0.326 e. The number of aliphatic carboxylic acids is 1. The highest BCUT2D eigenvalue weighted by molar-refractivity contribution is 7.97. The minimum Gasteiger partial charge on any atom is -0.480 e. The fourth-order valence-corrected chi connectivity index (χ4v) is 3.19. The second-order valence-corrected chi connectivity index (χ2v) is 6.05. The van der Waals surface area contributed by atoms with Gasteiger partial charge < -0.3 is 10.0 Å². The molecule has 0 aromatic heterocycles. The zero-order valence-corrected chi connectivity index (χ0v) is 12.5. The number of benzene rings is 1. The third-order valence-corrected chi connectivity index (χ3v) is 4.32. The van der Waals surface area contributed by atoms with Gasteiger partial charge in [0.15, 0.2) is 0 Å². The zero-order valence-electron chi connectivity index (χ0n) is 11.7. The molecule has 1 heterocycles. The second kappa shape index (κ2) is 6.31. The van der Waals surface area contributed by atoms with Gasteiger partial charge in [-0.2, -0.15) is 11.8 Å². The third kappa shape index (κ3) is 2.98. The molecular formula is C15H19NO3S. The number of carboxylic acid groups (broad SMARTS) is 1. The normalized spacial score (nSPS) is 22.0. The fraction of sp³-hybridized carbons (Fsp3) is 0.467. The van der Waals surface area contributed by atoms with E-state index in [1.807, 2.05) is 31.4 Å². The van der Waals surface area contributed by atoms with E-state index < -0.39 is 12.0 Å². The molecule has 5 heteroatoms. The molecule has 0 saturated carbocycles. The summed E-state index contributed by atoms with van der Waals surface area (Å²) in [6, 6.07) is 6.75. The number of carbonyl (C=O) groups excluding carboxylic acids is 1. The lowest BCUT2D eigenvalue weighted by molar-refractivity contribution is -0.142. The number of carboxylic acids is 1. The smallest absolute Gasteiger partial charge is 0.326 e. The van der Waals surface area contributed by atoms with E-state index in [2.05, 4.69) is 0 Å². The molecule has 1 saturated heterocycles. The van der Waals surface area contributed by atoms with Crippen LogP contribution < -0.4 is 0 Å². The number of carbonyl (C=O) groups is 2. The van der Waals surface area contributed by atoms with Gasteiger partial charge in [0.05, 0.1) is 0 Å². The number of hydrogen-bond donors (Lipinski definition) is 1. The van der Waals surface area contributed by atoms with Crippen molar-refractivity contribution in [2.75, 3.05) is 12.8 Å². The van der Waals surface area contributed by atoms with Crippen LogP contribution in [-0.4, -0.2) is 40.7 Å². The summed E-state index contributed by atoms with van der Waals surface area (Å²) in [5.41, 5.74) is 1.67. The topological polar surface area (TPSA) is 57.6 Å². The first-order chi connectivity index (χ1) is 9.54. The van der Waals surface area contributed by atoms with Gasteiger partial charge in [-0.05, 0) is 36.3 Å². The summed E-state index contributed by atoms with van der Waals surface area (Å²) in [4.78, 5) is 25.3. The zero-order chi connectivity index (χ0) is 14.7. The first kappa shape index (κ1) is 14.9. The van der Waals surface area contributed by atoms with E-state index in [4.69, 9.17) is 0 Å². The Balaban J connectivity index is 2.22. The first-order valence-electron chi connectivity index (χ1n) is 6.66. The number of amides is 1. The molecule has 4 nitrogen and oxygen atoms in total. The van der Waals surface area contributed by atoms with Crippen LogP contribution in [-0.2, 0) is 10.5 Å². The van der Waals surface area contributed by atoms with E-state index in [9.17, 15) is 14.7 Å². The molecule has 1 aromatic rings. The maximum absolute atomic E-state index is 12.5. The first-order valence-corrected chi connectivity index (χ1v) is 8.05. The summed E-state index contributed by atoms with van der Waals surface area (Å²) in [6.45, 7) is 2.40. The molecule has 1 aromatic carbocycles. The molecule has 20 heavy (non-hydrogen) atoms. The minimum absolute atomic E-state index is 0.00540. The lowest BCUT2D eigenvalue weighted by atomic mass is 10.0. The average Bonchev–Trinajstić information content (AvgIpc) is 2.80. The summed E-state index contributed by atoms with van der Waals surface area (Å²) in [6.07, 6.45) is 2.75. The Hall–Kier alpha value is -1.49. The van der Waals surface area contributed by atoms with Crippen LogP contribution in [0.25, 0.3) is 0 Å². The van der Waals surface area contributed by atoms with E-state index in [0.717, 1.165) is 17.7 Å². The van der Waals surface area contributed by atoms with Crippen molar-refractivity contribution in [3.63, 3.8) is 0 Å². The van der Waals surface area contributed by atoms with Crippen LogP contribution in [0.15, 0.2) is 24.3 Å². The van der Waals surface area contributed by atoms with Gasteiger partial charge in [-0.15, -0.1) is 0 Å². The van der Waals surface area contributed by atoms with E-state index in [0.29, 0.717) is 12.1 Å². The van der Waals surface area contributed by atoms with Crippen molar-refractivity contribution in [2.24, 2.45) is 5.92 Å². The molecule has 0 aliphatic carbocycles. The van der Waals surface area contributed by atoms with Crippen molar-refractivity contribution in [1.29, 1.82) is 0 Å². The van der Waals surface area contributed by atoms with Crippen molar-refractivity contribution in [1.82, 2.24) is 4.90 Å². The van der Waals surface area contributed by atoms with Gasteiger partial charge in [-0.1, -0.05) is 19.1 Å². The Labute approximate surface area is 123 Å². The molecular weight excluding hydrogens is 274 g/mol. The summed E-state index contributed by atoms with van der Waals surface area (Å²) < 4.78 is 0. The predicted molar refractivity (Wildman–Crippen MR) is 79.9 cm³/mol. The summed E-state index contributed by atoms with van der Waals surface area (Å²) in [7, 11) is 0. The van der Waals surface area contributed by atoms with Gasteiger partial charge in [-0.3, -0.25) is 4.79 Å². The van der Waals surface area contributed by atoms with Gasteiger partial charge in [0.1, 0.15) is 6.04 Å². The van der Waals surface area contributed by atoms with Gasteiger partial charge in [-0.25, -0.2) is 4.79 Å². The van der Waals surface area contributed by atoms with Crippen LogP contribution in [0.1, 0.15) is 29.3 Å². The quantitative estimate of drug-likeness (QED) is 0.926. The van der Waals surface area contributed by atoms with Crippen LogP contribution in [0.4, 0.5) is 0 Å². The number of nitrogens with zero attached hydrogens (tertiary/aromatic N) is 1. The van der Waals surface area contributed by atoms with Crippen molar-refractivity contribution in [2.45, 2.75) is 25.1 Å². The van der Waals surface area contributed by atoms with Gasteiger partial charge in [0.2, 0.25) is 0 Å². The Kier molecular flexibility index (Phi) is 4.70. The molecule has 1 N–H and O–H groups in total. The Bertz CT molecular complexity index is 518. The van der Waals surface area contributed by atoms with Crippen LogP contribution in [0.3, 0.4) is 0 Å². The average molecular weight is 293 g/mol. The summed E-state index contributed by atoms with van der Waals surface area (Å²) in [5.74, 6) is -0.237. The molecule has 0 bridgehead atoms. The molecule has 0 radical (unpaired) electrons. The molecule has 0 spiro atoms. The Morgan fingerprint density at radius 3 is 2.85 bits per heavy atom. The Morgan fingerprint density at radius 1 is 1.45 bits per heavy atom. The standard InChI is InChI=1S/C15H19NO3S/c1-10-6-7-16(13(10)15(18)19)14(17)12-5-3-4-11(8-12)9-20-2/h3-5,8,10,13H,6-7,9H2,1-2H3,(H,18,19).